The second kappa shape index (κ2) is 8.63. The predicted octanol–water partition coefficient (Wildman–Crippen LogP) is 1.03. The Hall–Kier alpha value is -0.960. The van der Waals surface area contributed by atoms with E-state index in [9.17, 15) is 0 Å². The van der Waals surface area contributed by atoms with Crippen molar-refractivity contribution in [1.29, 1.82) is 0 Å². The van der Waals surface area contributed by atoms with E-state index in [1.165, 1.54) is 0 Å². The van der Waals surface area contributed by atoms with Crippen LogP contribution in [0.5, 0.6) is 0 Å². The van der Waals surface area contributed by atoms with Gasteiger partial charge in [-0.2, -0.15) is 0 Å². The van der Waals surface area contributed by atoms with Crippen molar-refractivity contribution >= 4 is 0 Å². The van der Waals surface area contributed by atoms with Gasteiger partial charge in [-0.25, -0.2) is 0 Å². The van der Waals surface area contributed by atoms with Crippen molar-refractivity contribution in [2.75, 3.05) is 13.2 Å². The fourth-order valence-electron chi connectivity index (χ4n) is 0.850. The van der Waals surface area contributed by atoms with Gasteiger partial charge >= 0.3 is 0 Å². The van der Waals surface area contributed by atoms with Crippen LogP contribution in [0.1, 0.15) is 26.7 Å². The Labute approximate surface area is 86.3 Å². The van der Waals surface area contributed by atoms with Gasteiger partial charge in [0, 0.05) is 25.0 Å². The van der Waals surface area contributed by atoms with Gasteiger partial charge < -0.3 is 10.2 Å². The van der Waals surface area contributed by atoms with Crippen LogP contribution in [0.4, 0.5) is 0 Å². The zero-order valence-corrected chi connectivity index (χ0v) is 8.88. The zero-order valence-electron chi connectivity index (χ0n) is 8.88. The highest BCUT2D eigenvalue weighted by Gasteiger charge is 1.94. The summed E-state index contributed by atoms with van der Waals surface area (Å²) in [6.45, 7) is 4.26. The molecule has 2 N–H and O–H groups in total. The Morgan fingerprint density at radius 2 is 1.21 bits per heavy atom. The lowest BCUT2D eigenvalue weighted by atomic mass is 10.1. The molecular formula is C12H18O2. The Bertz CT molecular complexity index is 221. The van der Waals surface area contributed by atoms with Crippen molar-refractivity contribution in [1.82, 2.24) is 0 Å². The molecule has 78 valence electrons. The van der Waals surface area contributed by atoms with Crippen molar-refractivity contribution in [2.45, 2.75) is 26.7 Å². The number of aliphatic hydroxyl groups excluding tert-OH is 2. The molecule has 14 heavy (non-hydrogen) atoms. The van der Waals surface area contributed by atoms with Crippen LogP contribution in [0.2, 0.25) is 0 Å². The average molecular weight is 194 g/mol. The van der Waals surface area contributed by atoms with Gasteiger partial charge in [-0.15, -0.1) is 0 Å². The molecule has 2 nitrogen and oxygen atoms in total. The summed E-state index contributed by atoms with van der Waals surface area (Å²) in [6, 6.07) is 0. The largest absolute Gasteiger partial charge is 0.396 e. The lowest BCUT2D eigenvalue weighted by Gasteiger charge is -1.97. The molecule has 0 spiro atoms. The van der Waals surface area contributed by atoms with E-state index < -0.39 is 0 Å². The summed E-state index contributed by atoms with van der Waals surface area (Å²) in [6.07, 6.45) is 1.39. The first-order valence-corrected chi connectivity index (χ1v) is 4.93. The third-order valence-corrected chi connectivity index (χ3v) is 1.82. The molecule has 0 aliphatic heterocycles. The lowest BCUT2D eigenvalue weighted by Crippen LogP contribution is -1.94. The predicted molar refractivity (Wildman–Crippen MR) is 57.3 cm³/mol. The van der Waals surface area contributed by atoms with E-state index in [1.54, 1.807) is 0 Å². The zero-order chi connectivity index (χ0) is 10.8. The highest BCUT2D eigenvalue weighted by Crippen LogP contribution is 1.98. The first-order chi connectivity index (χ1) is 6.70. The second-order valence-electron chi connectivity index (χ2n) is 3.37. The number of hydrogen-bond acceptors (Lipinski definition) is 2. The molecule has 0 saturated heterocycles. The van der Waals surface area contributed by atoms with Crippen molar-refractivity contribution in [2.24, 2.45) is 11.8 Å². The Balaban J connectivity index is 3.88. The summed E-state index contributed by atoms with van der Waals surface area (Å²) in [4.78, 5) is 0. The third-order valence-electron chi connectivity index (χ3n) is 1.82. The summed E-state index contributed by atoms with van der Waals surface area (Å²) in [7, 11) is 0. The van der Waals surface area contributed by atoms with Crippen LogP contribution in [0.25, 0.3) is 0 Å². The molecule has 0 radical (unpaired) electrons. The maximum Gasteiger partial charge on any atom is 0.0442 e. The Kier molecular flexibility index (Phi) is 8.04. The molecular weight excluding hydrogens is 176 g/mol. The van der Waals surface area contributed by atoms with Gasteiger partial charge in [-0.1, -0.05) is 25.7 Å². The van der Waals surface area contributed by atoms with E-state index in [1.807, 2.05) is 13.8 Å². The van der Waals surface area contributed by atoms with Crippen LogP contribution in [0.15, 0.2) is 0 Å². The molecule has 2 unspecified atom stereocenters. The van der Waals surface area contributed by atoms with E-state index in [0.717, 1.165) is 0 Å². The maximum absolute atomic E-state index is 8.62. The molecule has 0 rings (SSSR count). The molecule has 0 amide bonds. The molecule has 2 atom stereocenters. The lowest BCUT2D eigenvalue weighted by molar-refractivity contribution is 0.275. The smallest absolute Gasteiger partial charge is 0.0442 e. The van der Waals surface area contributed by atoms with Crippen LogP contribution < -0.4 is 0 Å². The quantitative estimate of drug-likeness (QED) is 0.656. The fourth-order valence-corrected chi connectivity index (χ4v) is 0.850. The van der Waals surface area contributed by atoms with Gasteiger partial charge in [-0.3, -0.25) is 0 Å². The molecule has 0 bridgehead atoms. The van der Waals surface area contributed by atoms with Crippen LogP contribution >= 0.6 is 0 Å². The highest BCUT2D eigenvalue weighted by molar-refractivity contribution is 5.27. The SMILES string of the molecule is CC(C#CC#CC(C)CCO)CCO. The first-order valence-electron chi connectivity index (χ1n) is 4.93. The topological polar surface area (TPSA) is 40.5 Å². The van der Waals surface area contributed by atoms with Gasteiger partial charge in [-0.05, 0) is 24.7 Å². The standard InChI is InChI=1S/C12H18O2/c1-11(7-9-13)5-3-4-6-12(2)8-10-14/h11-14H,7-10H2,1-2H3. The molecule has 0 aliphatic rings. The molecule has 0 fully saturated rings. The Morgan fingerprint density at radius 3 is 1.50 bits per heavy atom. The molecule has 0 aromatic carbocycles. The minimum atomic E-state index is 0.171. The minimum Gasteiger partial charge on any atom is -0.396 e. The van der Waals surface area contributed by atoms with Crippen LogP contribution in [-0.2, 0) is 0 Å². The van der Waals surface area contributed by atoms with E-state index in [-0.39, 0.29) is 25.0 Å². The highest BCUT2D eigenvalue weighted by atomic mass is 16.3. The van der Waals surface area contributed by atoms with Gasteiger partial charge in [0.15, 0.2) is 0 Å². The second-order valence-corrected chi connectivity index (χ2v) is 3.37. The van der Waals surface area contributed by atoms with Crippen molar-refractivity contribution in [3.05, 3.63) is 0 Å². The van der Waals surface area contributed by atoms with Gasteiger partial charge in [0.1, 0.15) is 0 Å². The number of aliphatic hydroxyl groups is 2. The van der Waals surface area contributed by atoms with Crippen molar-refractivity contribution in [3.63, 3.8) is 0 Å². The van der Waals surface area contributed by atoms with E-state index in [4.69, 9.17) is 10.2 Å². The summed E-state index contributed by atoms with van der Waals surface area (Å²) in [5.41, 5.74) is 0. The molecule has 0 aliphatic carbocycles. The Morgan fingerprint density at radius 1 is 0.857 bits per heavy atom. The summed E-state index contributed by atoms with van der Waals surface area (Å²) >= 11 is 0. The minimum absolute atomic E-state index is 0.171. The third kappa shape index (κ3) is 7.68. The average Bonchev–Trinajstić information content (AvgIpc) is 2.13. The van der Waals surface area contributed by atoms with Crippen molar-refractivity contribution < 1.29 is 10.2 Å². The normalized spacial score (nSPS) is 13.1. The molecule has 2 heteroatoms. The molecule has 0 heterocycles. The molecule has 0 aromatic heterocycles. The summed E-state index contributed by atoms with van der Waals surface area (Å²) < 4.78 is 0. The summed E-state index contributed by atoms with van der Waals surface area (Å²) in [5, 5.41) is 17.2. The van der Waals surface area contributed by atoms with Gasteiger partial charge in [0.25, 0.3) is 0 Å². The van der Waals surface area contributed by atoms with E-state index >= 15 is 0 Å². The molecule has 0 aromatic rings. The van der Waals surface area contributed by atoms with Gasteiger partial charge in [0.2, 0.25) is 0 Å². The van der Waals surface area contributed by atoms with Crippen LogP contribution in [0.3, 0.4) is 0 Å². The van der Waals surface area contributed by atoms with Crippen LogP contribution in [0, 0.1) is 35.5 Å². The molecule has 0 saturated carbocycles. The number of rotatable bonds is 4. The van der Waals surface area contributed by atoms with Gasteiger partial charge in [0.05, 0.1) is 0 Å². The maximum atomic E-state index is 8.62. The first kappa shape index (κ1) is 13.0. The van der Waals surface area contributed by atoms with E-state index in [0.29, 0.717) is 12.8 Å². The fraction of sp³-hybridized carbons (Fsp3) is 0.667. The monoisotopic (exact) mass is 194 g/mol. The van der Waals surface area contributed by atoms with Crippen LogP contribution in [-0.4, -0.2) is 23.4 Å². The van der Waals surface area contributed by atoms with E-state index in [2.05, 4.69) is 23.7 Å². The van der Waals surface area contributed by atoms with Crippen molar-refractivity contribution in [3.8, 4) is 23.7 Å². The summed E-state index contributed by atoms with van der Waals surface area (Å²) in [5.74, 6) is 11.8. The number of hydrogen-bond donors (Lipinski definition) is 2.